The summed E-state index contributed by atoms with van der Waals surface area (Å²) in [4.78, 5) is 23.1. The first-order valence-electron chi connectivity index (χ1n) is 5.93. The number of rotatable bonds is 2. The van der Waals surface area contributed by atoms with E-state index >= 15 is 0 Å². The molecule has 2 N–H and O–H groups in total. The van der Waals surface area contributed by atoms with E-state index < -0.39 is 5.91 Å². The van der Waals surface area contributed by atoms with Crippen molar-refractivity contribution < 1.29 is 18.8 Å². The van der Waals surface area contributed by atoms with Gasteiger partial charge in [-0.2, -0.15) is 0 Å². The number of fused-ring (bicyclic) bond motifs is 1. The molecular weight excluding hydrogens is 262 g/mol. The molecule has 0 atom stereocenters. The quantitative estimate of drug-likeness (QED) is 0.866. The summed E-state index contributed by atoms with van der Waals surface area (Å²) in [5.74, 6) is 0.0547. The van der Waals surface area contributed by atoms with Crippen LogP contribution in [0, 0.1) is 6.92 Å². The third-order valence-electron chi connectivity index (χ3n) is 2.72. The zero-order chi connectivity index (χ0) is 14.1. The zero-order valence-corrected chi connectivity index (χ0v) is 10.6. The summed E-state index contributed by atoms with van der Waals surface area (Å²) < 4.78 is 10.1. The van der Waals surface area contributed by atoms with Gasteiger partial charge in [-0.25, -0.2) is 0 Å². The Labute approximate surface area is 113 Å². The molecule has 3 rings (SSSR count). The predicted molar refractivity (Wildman–Crippen MR) is 69.8 cm³/mol. The van der Waals surface area contributed by atoms with Gasteiger partial charge in [-0.15, -0.1) is 0 Å². The molecule has 0 radical (unpaired) electrons. The van der Waals surface area contributed by atoms with Crippen molar-refractivity contribution in [3.63, 3.8) is 0 Å². The molecule has 2 aromatic rings. The van der Waals surface area contributed by atoms with Crippen molar-refractivity contribution in [2.75, 3.05) is 17.2 Å². The molecule has 102 valence electrons. The summed E-state index contributed by atoms with van der Waals surface area (Å²) in [5, 5.41) is 8.97. The van der Waals surface area contributed by atoms with Crippen LogP contribution in [0.5, 0.6) is 5.75 Å². The molecule has 0 unspecified atom stereocenters. The minimum atomic E-state index is -0.409. The fraction of sp³-hybridized carbons (Fsp3) is 0.154. The fourth-order valence-electron chi connectivity index (χ4n) is 1.82. The van der Waals surface area contributed by atoms with E-state index in [2.05, 4.69) is 15.8 Å². The summed E-state index contributed by atoms with van der Waals surface area (Å²) in [7, 11) is 0. The molecule has 20 heavy (non-hydrogen) atoms. The molecule has 7 heteroatoms. The standard InChI is InChI=1S/C13H11N3O4/c1-7-4-11(20-16-7)13(18)14-8-2-3-10-9(5-8)15-12(17)6-19-10/h2-5H,6H2,1H3,(H,14,18)(H,15,17). The van der Waals surface area contributed by atoms with E-state index in [0.717, 1.165) is 0 Å². The predicted octanol–water partition coefficient (Wildman–Crippen LogP) is 1.57. The van der Waals surface area contributed by atoms with Gasteiger partial charge in [0.1, 0.15) is 5.75 Å². The first-order chi connectivity index (χ1) is 9.61. The van der Waals surface area contributed by atoms with Gasteiger partial charge in [0, 0.05) is 11.8 Å². The van der Waals surface area contributed by atoms with Crippen molar-refractivity contribution in [3.05, 3.63) is 35.7 Å². The van der Waals surface area contributed by atoms with E-state index in [1.54, 1.807) is 31.2 Å². The second kappa shape index (κ2) is 4.69. The zero-order valence-electron chi connectivity index (χ0n) is 10.6. The largest absolute Gasteiger partial charge is 0.482 e. The maximum atomic E-state index is 11.9. The van der Waals surface area contributed by atoms with Crippen LogP contribution in [0.15, 0.2) is 28.8 Å². The fourth-order valence-corrected chi connectivity index (χ4v) is 1.82. The number of anilines is 2. The molecule has 0 spiro atoms. The smallest absolute Gasteiger partial charge is 0.294 e. The van der Waals surface area contributed by atoms with Crippen LogP contribution in [-0.2, 0) is 4.79 Å². The van der Waals surface area contributed by atoms with Gasteiger partial charge in [-0.1, -0.05) is 5.16 Å². The highest BCUT2D eigenvalue weighted by Crippen LogP contribution is 2.30. The number of carbonyl (C=O) groups excluding carboxylic acids is 2. The Morgan fingerprint density at radius 1 is 1.40 bits per heavy atom. The maximum Gasteiger partial charge on any atom is 0.294 e. The Kier molecular flexibility index (Phi) is 2.86. The van der Waals surface area contributed by atoms with E-state index in [0.29, 0.717) is 22.8 Å². The van der Waals surface area contributed by atoms with Crippen LogP contribution in [0.3, 0.4) is 0 Å². The van der Waals surface area contributed by atoms with Gasteiger partial charge in [-0.3, -0.25) is 9.59 Å². The molecule has 0 bridgehead atoms. The monoisotopic (exact) mass is 273 g/mol. The highest BCUT2D eigenvalue weighted by Gasteiger charge is 2.17. The molecule has 2 heterocycles. The van der Waals surface area contributed by atoms with E-state index in [-0.39, 0.29) is 18.3 Å². The molecule has 0 saturated heterocycles. The Morgan fingerprint density at radius 3 is 3.00 bits per heavy atom. The van der Waals surface area contributed by atoms with Crippen molar-refractivity contribution in [2.24, 2.45) is 0 Å². The number of hydrogen-bond donors (Lipinski definition) is 2. The Balaban J connectivity index is 1.80. The van der Waals surface area contributed by atoms with Gasteiger partial charge in [0.25, 0.3) is 11.8 Å². The van der Waals surface area contributed by atoms with E-state index in [1.165, 1.54) is 0 Å². The number of aromatic nitrogens is 1. The van der Waals surface area contributed by atoms with Crippen molar-refractivity contribution in [1.82, 2.24) is 5.16 Å². The molecule has 1 aliphatic heterocycles. The maximum absolute atomic E-state index is 11.9. The highest BCUT2D eigenvalue weighted by molar-refractivity contribution is 6.03. The van der Waals surface area contributed by atoms with E-state index in [1.807, 2.05) is 0 Å². The van der Waals surface area contributed by atoms with Gasteiger partial charge < -0.3 is 19.9 Å². The number of benzene rings is 1. The third kappa shape index (κ3) is 2.33. The van der Waals surface area contributed by atoms with Crippen LogP contribution >= 0.6 is 0 Å². The number of ether oxygens (including phenoxy) is 1. The van der Waals surface area contributed by atoms with Gasteiger partial charge in [0.2, 0.25) is 5.76 Å². The lowest BCUT2D eigenvalue weighted by Crippen LogP contribution is -2.25. The number of nitrogens with one attached hydrogen (secondary N) is 2. The molecule has 0 fully saturated rings. The summed E-state index contributed by atoms with van der Waals surface area (Å²) >= 11 is 0. The second-order valence-electron chi connectivity index (χ2n) is 4.33. The lowest BCUT2D eigenvalue weighted by atomic mass is 10.2. The SMILES string of the molecule is Cc1cc(C(=O)Nc2ccc3c(c2)NC(=O)CO3)on1. The minimum Gasteiger partial charge on any atom is -0.482 e. The summed E-state index contributed by atoms with van der Waals surface area (Å²) in [6.07, 6.45) is 0. The lowest BCUT2D eigenvalue weighted by Gasteiger charge is -2.18. The lowest BCUT2D eigenvalue weighted by molar-refractivity contribution is -0.118. The molecule has 1 aromatic heterocycles. The molecule has 2 amide bonds. The Bertz CT molecular complexity index is 693. The first kappa shape index (κ1) is 12.2. The molecule has 7 nitrogen and oxygen atoms in total. The topological polar surface area (TPSA) is 93.5 Å². The third-order valence-corrected chi connectivity index (χ3v) is 2.72. The number of carbonyl (C=O) groups is 2. The first-order valence-corrected chi connectivity index (χ1v) is 5.93. The van der Waals surface area contributed by atoms with Crippen LogP contribution < -0.4 is 15.4 Å². The summed E-state index contributed by atoms with van der Waals surface area (Å²) in [6, 6.07) is 6.51. The average Bonchev–Trinajstić information content (AvgIpc) is 2.85. The molecular formula is C13H11N3O4. The van der Waals surface area contributed by atoms with Crippen LogP contribution in [-0.4, -0.2) is 23.6 Å². The molecule has 1 aromatic carbocycles. The normalized spacial score (nSPS) is 13.2. The van der Waals surface area contributed by atoms with Crippen molar-refractivity contribution >= 4 is 23.2 Å². The van der Waals surface area contributed by atoms with Crippen LogP contribution in [0.4, 0.5) is 11.4 Å². The van der Waals surface area contributed by atoms with Crippen molar-refractivity contribution in [1.29, 1.82) is 0 Å². The van der Waals surface area contributed by atoms with Crippen LogP contribution in [0.1, 0.15) is 16.2 Å². The van der Waals surface area contributed by atoms with E-state index in [4.69, 9.17) is 9.26 Å². The molecule has 0 aliphatic carbocycles. The molecule has 0 saturated carbocycles. The summed E-state index contributed by atoms with van der Waals surface area (Å²) in [5.41, 5.74) is 1.67. The highest BCUT2D eigenvalue weighted by atomic mass is 16.5. The number of nitrogens with zero attached hydrogens (tertiary/aromatic N) is 1. The van der Waals surface area contributed by atoms with Gasteiger partial charge in [0.15, 0.2) is 6.61 Å². The second-order valence-corrected chi connectivity index (χ2v) is 4.33. The van der Waals surface area contributed by atoms with Crippen molar-refractivity contribution in [3.8, 4) is 5.75 Å². The summed E-state index contributed by atoms with van der Waals surface area (Å²) in [6.45, 7) is 1.72. The number of hydrogen-bond acceptors (Lipinski definition) is 5. The van der Waals surface area contributed by atoms with Gasteiger partial charge >= 0.3 is 0 Å². The van der Waals surface area contributed by atoms with Gasteiger partial charge in [0.05, 0.1) is 11.4 Å². The average molecular weight is 273 g/mol. The van der Waals surface area contributed by atoms with Gasteiger partial charge in [-0.05, 0) is 25.1 Å². The molecule has 1 aliphatic rings. The minimum absolute atomic E-state index is 0.00392. The Hall–Kier alpha value is -2.83. The number of amides is 2. The van der Waals surface area contributed by atoms with Crippen molar-refractivity contribution in [2.45, 2.75) is 6.92 Å². The number of aryl methyl sites for hydroxylation is 1. The van der Waals surface area contributed by atoms with Crippen LogP contribution in [0.25, 0.3) is 0 Å². The van der Waals surface area contributed by atoms with E-state index in [9.17, 15) is 9.59 Å². The Morgan fingerprint density at radius 2 is 2.25 bits per heavy atom. The van der Waals surface area contributed by atoms with Crippen LogP contribution in [0.2, 0.25) is 0 Å².